The van der Waals surface area contributed by atoms with Gasteiger partial charge in [0.15, 0.2) is 11.2 Å². The number of aromatic nitrogens is 4. The molecule has 3 heterocycles. The van der Waals surface area contributed by atoms with Gasteiger partial charge in [0.2, 0.25) is 17.8 Å². The SMILES string of the molecule is CC(C)C(=O)Nc1nc2c(ncn2C2C[C@H](NC(=O)C(C)NC(=O)OCC3c4ccccc4-c4ccccc43)C(CO)O2)c(=O)[nH]1. The number of aliphatic hydroxyl groups excluding tert-OH is 1. The first-order valence-corrected chi connectivity index (χ1v) is 15.1. The van der Waals surface area contributed by atoms with Gasteiger partial charge in [-0.3, -0.25) is 29.3 Å². The molecule has 1 fully saturated rings. The second-order valence-corrected chi connectivity index (χ2v) is 11.7. The van der Waals surface area contributed by atoms with Crippen molar-refractivity contribution in [3.05, 3.63) is 76.3 Å². The Labute approximate surface area is 263 Å². The maximum Gasteiger partial charge on any atom is 0.407 e. The predicted molar refractivity (Wildman–Crippen MR) is 167 cm³/mol. The first-order valence-electron chi connectivity index (χ1n) is 15.1. The van der Waals surface area contributed by atoms with Crippen LogP contribution in [0.4, 0.5) is 10.7 Å². The highest BCUT2D eigenvalue weighted by atomic mass is 16.5. The molecule has 4 aromatic rings. The van der Waals surface area contributed by atoms with Gasteiger partial charge >= 0.3 is 6.09 Å². The van der Waals surface area contributed by atoms with E-state index in [9.17, 15) is 24.3 Å². The van der Waals surface area contributed by atoms with E-state index in [1.165, 1.54) is 17.8 Å². The fraction of sp³-hybridized carbons (Fsp3) is 0.375. The van der Waals surface area contributed by atoms with Crippen LogP contribution in [-0.2, 0) is 19.1 Å². The summed E-state index contributed by atoms with van der Waals surface area (Å²) in [4.78, 5) is 61.6. The fourth-order valence-corrected chi connectivity index (χ4v) is 5.87. The Kier molecular flexibility index (Phi) is 8.56. The molecule has 4 atom stereocenters. The summed E-state index contributed by atoms with van der Waals surface area (Å²) in [5, 5.41) is 18.0. The topological polar surface area (TPSA) is 190 Å². The van der Waals surface area contributed by atoms with Gasteiger partial charge in [-0.05, 0) is 29.2 Å². The summed E-state index contributed by atoms with van der Waals surface area (Å²) in [6.45, 7) is 4.66. The van der Waals surface area contributed by atoms with E-state index in [0.717, 1.165) is 22.3 Å². The van der Waals surface area contributed by atoms with Crippen LogP contribution < -0.4 is 21.5 Å². The van der Waals surface area contributed by atoms with E-state index in [-0.39, 0.29) is 47.9 Å². The van der Waals surface area contributed by atoms with Gasteiger partial charge in [-0.1, -0.05) is 62.4 Å². The van der Waals surface area contributed by atoms with Crippen molar-refractivity contribution < 1.29 is 29.0 Å². The zero-order chi connectivity index (χ0) is 32.5. The summed E-state index contributed by atoms with van der Waals surface area (Å²) in [7, 11) is 0. The van der Waals surface area contributed by atoms with Crippen LogP contribution in [0.3, 0.4) is 0 Å². The van der Waals surface area contributed by atoms with E-state index in [1.54, 1.807) is 13.8 Å². The Morgan fingerprint density at radius 3 is 2.39 bits per heavy atom. The Bertz CT molecular complexity index is 1810. The lowest BCUT2D eigenvalue weighted by Gasteiger charge is -2.21. The number of carbonyl (C=O) groups is 3. The first-order chi connectivity index (χ1) is 22.1. The molecule has 1 aliphatic heterocycles. The highest BCUT2D eigenvalue weighted by molar-refractivity contribution is 5.91. The molecule has 2 aromatic heterocycles. The first kappa shape index (κ1) is 30.9. The van der Waals surface area contributed by atoms with Gasteiger partial charge in [0.1, 0.15) is 25.0 Å². The van der Waals surface area contributed by atoms with E-state index in [4.69, 9.17) is 9.47 Å². The molecule has 1 aliphatic carbocycles. The zero-order valence-electron chi connectivity index (χ0n) is 25.5. The minimum absolute atomic E-state index is 0.0346. The van der Waals surface area contributed by atoms with Crippen molar-refractivity contribution in [2.45, 2.75) is 57.5 Å². The second kappa shape index (κ2) is 12.7. The lowest BCUT2D eigenvalue weighted by atomic mass is 9.98. The van der Waals surface area contributed by atoms with Crippen LogP contribution in [0, 0.1) is 5.92 Å². The largest absolute Gasteiger partial charge is 0.449 e. The Hall–Kier alpha value is -5.08. The van der Waals surface area contributed by atoms with Crippen LogP contribution in [0.5, 0.6) is 0 Å². The Morgan fingerprint density at radius 2 is 1.74 bits per heavy atom. The van der Waals surface area contributed by atoms with Crippen molar-refractivity contribution in [1.82, 2.24) is 30.2 Å². The molecule has 2 aliphatic rings. The molecule has 5 N–H and O–H groups in total. The lowest BCUT2D eigenvalue weighted by molar-refractivity contribution is -0.124. The average molecular weight is 630 g/mol. The minimum atomic E-state index is -0.949. The molecule has 0 spiro atoms. The summed E-state index contributed by atoms with van der Waals surface area (Å²) in [5.41, 5.74) is 4.05. The Morgan fingerprint density at radius 1 is 1.07 bits per heavy atom. The quantitative estimate of drug-likeness (QED) is 0.185. The van der Waals surface area contributed by atoms with Crippen LogP contribution in [0.2, 0.25) is 0 Å². The van der Waals surface area contributed by atoms with E-state index < -0.39 is 48.6 Å². The molecule has 2 aromatic carbocycles. The maximum atomic E-state index is 13.1. The molecular formula is C32H35N7O7. The highest BCUT2D eigenvalue weighted by Crippen LogP contribution is 2.44. The smallest absolute Gasteiger partial charge is 0.407 e. The highest BCUT2D eigenvalue weighted by Gasteiger charge is 2.38. The maximum absolute atomic E-state index is 13.1. The number of imidazole rings is 1. The van der Waals surface area contributed by atoms with Crippen molar-refractivity contribution >= 4 is 35.0 Å². The number of benzene rings is 2. The van der Waals surface area contributed by atoms with Gasteiger partial charge < -0.3 is 25.2 Å². The number of hydrogen-bond donors (Lipinski definition) is 5. The van der Waals surface area contributed by atoms with E-state index in [0.29, 0.717) is 0 Å². The molecule has 46 heavy (non-hydrogen) atoms. The molecule has 240 valence electrons. The zero-order valence-corrected chi connectivity index (χ0v) is 25.5. The van der Waals surface area contributed by atoms with Crippen LogP contribution in [0.1, 0.15) is 50.5 Å². The predicted octanol–water partition coefficient (Wildman–Crippen LogP) is 2.41. The minimum Gasteiger partial charge on any atom is -0.449 e. The number of aromatic amines is 1. The molecule has 0 radical (unpaired) electrons. The van der Waals surface area contributed by atoms with Crippen molar-refractivity contribution in [2.24, 2.45) is 5.92 Å². The number of nitrogens with one attached hydrogen (secondary N) is 4. The van der Waals surface area contributed by atoms with Crippen molar-refractivity contribution in [1.29, 1.82) is 0 Å². The number of anilines is 1. The monoisotopic (exact) mass is 629 g/mol. The molecule has 14 nitrogen and oxygen atoms in total. The molecule has 3 unspecified atom stereocenters. The van der Waals surface area contributed by atoms with Crippen LogP contribution in [0.25, 0.3) is 22.3 Å². The molecule has 3 amide bonds. The standard InChI is InChI=1S/C32H35N7O7/c1-16(2)28(41)37-31-36-27-26(30(43)38-31)33-15-39(27)25-12-23(24(13-40)46-25)35-29(42)17(3)34-32(44)45-14-22-20-10-6-4-8-18(20)19-9-5-7-11-21(19)22/h4-11,15-17,22-25,40H,12-14H2,1-3H3,(H,34,44)(H,35,42)(H2,36,37,38,41,43)/t17?,23-,24?,25?/m0/s1. The van der Waals surface area contributed by atoms with Crippen LogP contribution in [-0.4, -0.2) is 73.9 Å². The van der Waals surface area contributed by atoms with E-state index in [2.05, 4.69) is 30.9 Å². The number of aliphatic hydroxyl groups is 1. The van der Waals surface area contributed by atoms with Gasteiger partial charge in [0.05, 0.1) is 19.0 Å². The summed E-state index contributed by atoms with van der Waals surface area (Å²) in [6, 6.07) is 14.4. The van der Waals surface area contributed by atoms with Crippen LogP contribution >= 0.6 is 0 Å². The summed E-state index contributed by atoms with van der Waals surface area (Å²) >= 11 is 0. The van der Waals surface area contributed by atoms with Gasteiger partial charge in [0, 0.05) is 18.3 Å². The number of fused-ring (bicyclic) bond motifs is 4. The van der Waals surface area contributed by atoms with E-state index >= 15 is 0 Å². The number of nitrogens with zero attached hydrogens (tertiary/aromatic N) is 3. The van der Waals surface area contributed by atoms with Crippen molar-refractivity contribution in [3.8, 4) is 11.1 Å². The third-order valence-electron chi connectivity index (χ3n) is 8.32. The second-order valence-electron chi connectivity index (χ2n) is 11.7. The van der Waals surface area contributed by atoms with Gasteiger partial charge in [0.25, 0.3) is 5.56 Å². The van der Waals surface area contributed by atoms with Crippen molar-refractivity contribution in [2.75, 3.05) is 18.5 Å². The fourth-order valence-electron chi connectivity index (χ4n) is 5.87. The molecule has 1 saturated heterocycles. The van der Waals surface area contributed by atoms with Gasteiger partial charge in [-0.15, -0.1) is 0 Å². The summed E-state index contributed by atoms with van der Waals surface area (Å²) in [6.07, 6.45) is -0.658. The molecule has 0 saturated carbocycles. The number of carbonyl (C=O) groups excluding carboxylic acids is 3. The molecule has 14 heteroatoms. The molecule has 0 bridgehead atoms. The van der Waals surface area contributed by atoms with Gasteiger partial charge in [-0.25, -0.2) is 9.78 Å². The normalized spacial score (nSPS) is 19.5. The molecule has 6 rings (SSSR count). The third-order valence-corrected chi connectivity index (χ3v) is 8.32. The number of alkyl carbamates (subject to hydrolysis) is 1. The Balaban J connectivity index is 1.07. The van der Waals surface area contributed by atoms with Crippen molar-refractivity contribution in [3.63, 3.8) is 0 Å². The van der Waals surface area contributed by atoms with E-state index in [1.807, 2.05) is 48.5 Å². The number of hydrogen-bond acceptors (Lipinski definition) is 9. The summed E-state index contributed by atoms with van der Waals surface area (Å²) < 4.78 is 13.1. The number of ether oxygens (including phenoxy) is 2. The average Bonchev–Trinajstić information content (AvgIpc) is 3.73. The summed E-state index contributed by atoms with van der Waals surface area (Å²) in [5.74, 6) is -1.31. The lowest BCUT2D eigenvalue weighted by Crippen LogP contribution is -2.50. The van der Waals surface area contributed by atoms with Gasteiger partial charge in [-0.2, -0.15) is 4.98 Å². The number of H-pyrrole nitrogens is 1. The number of rotatable bonds is 9. The third kappa shape index (κ3) is 5.96. The number of amides is 3. The van der Waals surface area contributed by atoms with Crippen LogP contribution in [0.15, 0.2) is 59.7 Å². The molecular weight excluding hydrogens is 594 g/mol.